The van der Waals surface area contributed by atoms with E-state index in [1.54, 1.807) is 0 Å². The van der Waals surface area contributed by atoms with E-state index in [0.717, 1.165) is 47.0 Å². The zero-order valence-electron chi connectivity index (χ0n) is 14.4. The molecule has 1 aliphatic carbocycles. The molecule has 4 rings (SSSR count). The molecule has 0 atom stereocenters. The number of hydrogen-bond acceptors (Lipinski definition) is 3. The number of para-hydroxylation sites is 1. The van der Waals surface area contributed by atoms with Crippen molar-refractivity contribution < 1.29 is 4.79 Å². The van der Waals surface area contributed by atoms with Gasteiger partial charge in [-0.3, -0.25) is 4.79 Å². The first-order chi connectivity index (χ1) is 12.2. The third-order valence-electron chi connectivity index (χ3n) is 5.37. The van der Waals surface area contributed by atoms with Gasteiger partial charge < -0.3 is 4.90 Å². The van der Waals surface area contributed by atoms with Crippen LogP contribution in [0.5, 0.6) is 0 Å². The summed E-state index contributed by atoms with van der Waals surface area (Å²) < 4.78 is 0. The van der Waals surface area contributed by atoms with Gasteiger partial charge in [-0.1, -0.05) is 29.8 Å². The molecule has 0 radical (unpaired) electrons. The number of hydrogen-bond donors (Lipinski definition) is 0. The lowest BCUT2D eigenvalue weighted by molar-refractivity contribution is -0.115. The quantitative estimate of drug-likeness (QED) is 0.558. The Balaban J connectivity index is 1.40. The van der Waals surface area contributed by atoms with Crippen LogP contribution in [0.15, 0.2) is 29.8 Å². The Bertz CT molecular complexity index is 837. The number of pyridine rings is 1. The molecule has 2 heterocycles. The second-order valence-corrected chi connectivity index (χ2v) is 7.45. The highest BCUT2D eigenvalue weighted by atomic mass is 35.5. The molecule has 0 amide bonds. The Morgan fingerprint density at radius 1 is 1.16 bits per heavy atom. The average molecular weight is 355 g/mol. The minimum atomic E-state index is 0.262. The summed E-state index contributed by atoms with van der Waals surface area (Å²) in [7, 11) is 0. The van der Waals surface area contributed by atoms with E-state index in [4.69, 9.17) is 11.6 Å². The molecule has 0 N–H and O–H groups in total. The molecule has 0 spiro atoms. The Hall–Kier alpha value is -1.71. The van der Waals surface area contributed by atoms with E-state index in [2.05, 4.69) is 16.0 Å². The van der Waals surface area contributed by atoms with Gasteiger partial charge in [-0.05, 0) is 63.0 Å². The molecule has 2 aliphatic rings. The molecule has 0 bridgehead atoms. The third kappa shape index (κ3) is 3.49. The maximum Gasteiger partial charge on any atom is 0.159 e. The number of likely N-dealkylation sites (tertiary alicyclic amines) is 1. The zero-order valence-corrected chi connectivity index (χ0v) is 15.2. The summed E-state index contributed by atoms with van der Waals surface area (Å²) in [6.45, 7) is 3.59. The van der Waals surface area contributed by atoms with Gasteiger partial charge in [-0.15, -0.1) is 0 Å². The third-order valence-corrected chi connectivity index (χ3v) is 5.65. The van der Waals surface area contributed by atoms with Gasteiger partial charge in [0.05, 0.1) is 5.52 Å². The van der Waals surface area contributed by atoms with Crippen LogP contribution in [-0.4, -0.2) is 35.3 Å². The second-order valence-electron chi connectivity index (χ2n) is 7.09. The van der Waals surface area contributed by atoms with Gasteiger partial charge >= 0.3 is 0 Å². The smallest absolute Gasteiger partial charge is 0.159 e. The molecule has 25 heavy (non-hydrogen) atoms. The highest BCUT2D eigenvalue weighted by Crippen LogP contribution is 2.35. The number of rotatable bonds is 6. The van der Waals surface area contributed by atoms with Crippen LogP contribution in [0.3, 0.4) is 0 Å². The molecule has 1 aliphatic heterocycles. The van der Waals surface area contributed by atoms with Gasteiger partial charge in [0, 0.05) is 29.4 Å². The molecule has 0 saturated carbocycles. The van der Waals surface area contributed by atoms with Crippen LogP contribution < -0.4 is 0 Å². The van der Waals surface area contributed by atoms with Crippen LogP contribution in [0, 0.1) is 0 Å². The number of allylic oxidation sites excluding steroid dienone is 1. The highest BCUT2D eigenvalue weighted by molar-refractivity contribution is 6.32. The van der Waals surface area contributed by atoms with Crippen molar-refractivity contribution in [1.29, 1.82) is 0 Å². The van der Waals surface area contributed by atoms with Crippen LogP contribution in [0.25, 0.3) is 17.0 Å². The summed E-state index contributed by atoms with van der Waals surface area (Å²) in [5.41, 5.74) is 3.87. The van der Waals surface area contributed by atoms with Crippen LogP contribution in [-0.2, 0) is 11.2 Å². The Morgan fingerprint density at radius 2 is 1.96 bits per heavy atom. The van der Waals surface area contributed by atoms with Gasteiger partial charge in [0.1, 0.15) is 5.15 Å². The average Bonchev–Trinajstić information content (AvgIpc) is 3.29. The topological polar surface area (TPSA) is 33.2 Å². The summed E-state index contributed by atoms with van der Waals surface area (Å²) >= 11 is 6.35. The van der Waals surface area contributed by atoms with Crippen LogP contribution in [0.2, 0.25) is 5.15 Å². The standard InChI is InChI=1S/C21H23ClN2O/c22-21-18-14-15(13-17(18)16-7-1-2-8-19(16)23-21)20(25)9-3-4-10-24-11-5-6-12-24/h1-2,7-8,14H,3-6,9-13H2. The van der Waals surface area contributed by atoms with E-state index in [1.165, 1.54) is 25.9 Å². The number of halogens is 1. The number of carbonyl (C=O) groups is 1. The van der Waals surface area contributed by atoms with Crippen molar-refractivity contribution in [1.82, 2.24) is 9.88 Å². The molecule has 0 unspecified atom stereocenters. The fourth-order valence-electron chi connectivity index (χ4n) is 3.98. The monoisotopic (exact) mass is 354 g/mol. The SMILES string of the molecule is O=C(CCCCN1CCCC1)C1=Cc2c(Cl)nc3ccccc3c2C1. The number of ketones is 1. The Labute approximate surface area is 153 Å². The molecule has 1 fully saturated rings. The van der Waals surface area contributed by atoms with Gasteiger partial charge in [0.25, 0.3) is 0 Å². The van der Waals surface area contributed by atoms with Crippen molar-refractivity contribution in [2.24, 2.45) is 0 Å². The minimum absolute atomic E-state index is 0.262. The molecular formula is C21H23ClN2O. The van der Waals surface area contributed by atoms with E-state index in [1.807, 2.05) is 24.3 Å². The van der Waals surface area contributed by atoms with E-state index >= 15 is 0 Å². The minimum Gasteiger partial charge on any atom is -0.303 e. The number of benzene rings is 1. The molecule has 1 aromatic heterocycles. The molecule has 2 aromatic rings. The molecule has 4 heteroatoms. The molecule has 130 valence electrons. The second kappa shape index (κ2) is 7.27. The van der Waals surface area contributed by atoms with Crippen LogP contribution in [0.4, 0.5) is 0 Å². The van der Waals surface area contributed by atoms with Crippen molar-refractivity contribution in [2.45, 2.75) is 38.5 Å². The number of nitrogens with zero attached hydrogens (tertiary/aromatic N) is 2. The molecule has 1 saturated heterocycles. The van der Waals surface area contributed by atoms with Gasteiger partial charge in [-0.2, -0.15) is 0 Å². The predicted molar refractivity (Wildman–Crippen MR) is 103 cm³/mol. The molecular weight excluding hydrogens is 332 g/mol. The summed E-state index contributed by atoms with van der Waals surface area (Å²) in [6, 6.07) is 8.01. The van der Waals surface area contributed by atoms with E-state index < -0.39 is 0 Å². The van der Waals surface area contributed by atoms with Crippen LogP contribution >= 0.6 is 11.6 Å². The number of carbonyl (C=O) groups excluding carboxylic acids is 1. The normalized spacial score (nSPS) is 17.1. The lowest BCUT2D eigenvalue weighted by Crippen LogP contribution is -2.20. The fraction of sp³-hybridized carbons (Fsp3) is 0.429. The van der Waals surface area contributed by atoms with E-state index in [9.17, 15) is 4.79 Å². The molecule has 1 aromatic carbocycles. The summed E-state index contributed by atoms with van der Waals surface area (Å²) in [5, 5.41) is 1.61. The summed E-state index contributed by atoms with van der Waals surface area (Å²) in [5.74, 6) is 0.262. The Kier molecular flexibility index (Phi) is 4.87. The van der Waals surface area contributed by atoms with Crippen molar-refractivity contribution in [2.75, 3.05) is 19.6 Å². The summed E-state index contributed by atoms with van der Waals surface area (Å²) in [4.78, 5) is 19.6. The van der Waals surface area contributed by atoms with Gasteiger partial charge in [0.15, 0.2) is 5.78 Å². The largest absolute Gasteiger partial charge is 0.303 e. The first kappa shape index (κ1) is 16.7. The number of aromatic nitrogens is 1. The van der Waals surface area contributed by atoms with Crippen LogP contribution in [0.1, 0.15) is 43.2 Å². The lowest BCUT2D eigenvalue weighted by atomic mass is 10.0. The van der Waals surface area contributed by atoms with Gasteiger partial charge in [-0.25, -0.2) is 4.98 Å². The van der Waals surface area contributed by atoms with Crippen molar-refractivity contribution in [3.05, 3.63) is 46.1 Å². The highest BCUT2D eigenvalue weighted by Gasteiger charge is 2.23. The lowest BCUT2D eigenvalue weighted by Gasteiger charge is -2.13. The van der Waals surface area contributed by atoms with E-state index in [-0.39, 0.29) is 5.78 Å². The number of unbranched alkanes of at least 4 members (excludes halogenated alkanes) is 1. The maximum atomic E-state index is 12.6. The number of fused-ring (bicyclic) bond motifs is 3. The van der Waals surface area contributed by atoms with Crippen molar-refractivity contribution in [3.8, 4) is 0 Å². The first-order valence-corrected chi connectivity index (χ1v) is 9.63. The maximum absolute atomic E-state index is 12.6. The van der Waals surface area contributed by atoms with Crippen molar-refractivity contribution in [3.63, 3.8) is 0 Å². The predicted octanol–water partition coefficient (Wildman–Crippen LogP) is 4.66. The number of Topliss-reactive ketones (excluding diaryl/α,β-unsaturated/α-hetero) is 1. The van der Waals surface area contributed by atoms with E-state index in [0.29, 0.717) is 18.0 Å². The van der Waals surface area contributed by atoms with Gasteiger partial charge in [0.2, 0.25) is 0 Å². The zero-order chi connectivity index (χ0) is 17.2. The molecule has 3 nitrogen and oxygen atoms in total. The first-order valence-electron chi connectivity index (χ1n) is 9.25. The van der Waals surface area contributed by atoms with Crippen molar-refractivity contribution >= 4 is 34.4 Å². The fourth-order valence-corrected chi connectivity index (χ4v) is 4.24. The summed E-state index contributed by atoms with van der Waals surface area (Å²) in [6.07, 6.45) is 8.01. The Morgan fingerprint density at radius 3 is 2.80 bits per heavy atom.